The quantitative estimate of drug-likeness (QED) is 0.767. The maximum absolute atomic E-state index is 11.1. The largest absolute Gasteiger partial charge is 0.367 e. The number of carbonyl (C=O) groups is 1. The van der Waals surface area contributed by atoms with E-state index in [1.165, 1.54) is 19.8 Å². The molecule has 106 valence electrons. The van der Waals surface area contributed by atoms with Crippen molar-refractivity contribution in [2.24, 2.45) is 0 Å². The molecular formula is C14H22N2O3. The standard InChI is InChI=1S/C14H22N2O3/c1-3-18-14(8-6-4-5-7-9-14)13-15-12(19-16-13)10-11(2)17/h3-10H2,1-2H3. The zero-order valence-electron chi connectivity index (χ0n) is 11.8. The summed E-state index contributed by atoms with van der Waals surface area (Å²) in [6, 6.07) is 0. The van der Waals surface area contributed by atoms with E-state index in [1.807, 2.05) is 6.92 Å². The van der Waals surface area contributed by atoms with Gasteiger partial charge in [0.25, 0.3) is 0 Å². The number of Topliss-reactive ketones (excluding diaryl/α,β-unsaturated/α-hetero) is 1. The first-order valence-electron chi connectivity index (χ1n) is 7.13. The van der Waals surface area contributed by atoms with Gasteiger partial charge in [-0.25, -0.2) is 0 Å². The Bertz CT molecular complexity index is 420. The molecule has 1 aromatic rings. The van der Waals surface area contributed by atoms with Crippen LogP contribution in [0.2, 0.25) is 0 Å². The lowest BCUT2D eigenvalue weighted by Gasteiger charge is -2.29. The van der Waals surface area contributed by atoms with Gasteiger partial charge in [-0.05, 0) is 26.7 Å². The van der Waals surface area contributed by atoms with E-state index in [2.05, 4.69) is 10.1 Å². The Hall–Kier alpha value is -1.23. The van der Waals surface area contributed by atoms with Crippen molar-refractivity contribution in [1.29, 1.82) is 0 Å². The van der Waals surface area contributed by atoms with Crippen LogP contribution in [0, 0.1) is 0 Å². The van der Waals surface area contributed by atoms with E-state index in [0.29, 0.717) is 18.3 Å². The molecule has 0 saturated heterocycles. The summed E-state index contributed by atoms with van der Waals surface area (Å²) in [7, 11) is 0. The summed E-state index contributed by atoms with van der Waals surface area (Å²) in [4.78, 5) is 15.5. The second-order valence-corrected chi connectivity index (χ2v) is 5.23. The number of rotatable bonds is 5. The molecule has 0 N–H and O–H groups in total. The lowest BCUT2D eigenvalue weighted by atomic mass is 9.93. The number of carbonyl (C=O) groups excluding carboxylic acids is 1. The van der Waals surface area contributed by atoms with Gasteiger partial charge in [0.1, 0.15) is 11.4 Å². The smallest absolute Gasteiger partial charge is 0.234 e. The van der Waals surface area contributed by atoms with Crippen LogP contribution in [0.1, 0.15) is 64.1 Å². The van der Waals surface area contributed by atoms with Gasteiger partial charge in [-0.3, -0.25) is 4.79 Å². The van der Waals surface area contributed by atoms with Crippen molar-refractivity contribution in [3.8, 4) is 0 Å². The van der Waals surface area contributed by atoms with Gasteiger partial charge >= 0.3 is 0 Å². The molecule has 0 atom stereocenters. The summed E-state index contributed by atoms with van der Waals surface area (Å²) in [5.74, 6) is 1.04. The molecule has 5 nitrogen and oxygen atoms in total. The minimum absolute atomic E-state index is 0.0292. The Kier molecular flexibility index (Phi) is 4.69. The number of aromatic nitrogens is 2. The Morgan fingerprint density at radius 3 is 2.58 bits per heavy atom. The first-order chi connectivity index (χ1) is 9.16. The fourth-order valence-electron chi connectivity index (χ4n) is 2.73. The summed E-state index contributed by atoms with van der Waals surface area (Å²) in [5, 5.41) is 4.06. The number of hydrogen-bond donors (Lipinski definition) is 0. The van der Waals surface area contributed by atoms with Crippen LogP contribution in [0.15, 0.2) is 4.52 Å². The van der Waals surface area contributed by atoms with Crippen LogP contribution in [0.25, 0.3) is 0 Å². The van der Waals surface area contributed by atoms with E-state index in [0.717, 1.165) is 25.7 Å². The van der Waals surface area contributed by atoms with Crippen LogP contribution < -0.4 is 0 Å². The topological polar surface area (TPSA) is 65.2 Å². The predicted octanol–water partition coefficient (Wildman–Crippen LogP) is 2.79. The van der Waals surface area contributed by atoms with Crippen LogP contribution >= 0.6 is 0 Å². The van der Waals surface area contributed by atoms with Crippen LogP contribution in [0.5, 0.6) is 0 Å². The maximum Gasteiger partial charge on any atom is 0.234 e. The van der Waals surface area contributed by atoms with Gasteiger partial charge in [-0.15, -0.1) is 0 Å². The molecule has 1 fully saturated rings. The molecule has 1 aliphatic carbocycles. The van der Waals surface area contributed by atoms with Crippen molar-refractivity contribution in [1.82, 2.24) is 10.1 Å². The second kappa shape index (κ2) is 6.28. The van der Waals surface area contributed by atoms with Gasteiger partial charge in [0, 0.05) is 6.61 Å². The zero-order chi connectivity index (χ0) is 13.7. The van der Waals surface area contributed by atoms with Gasteiger partial charge < -0.3 is 9.26 Å². The molecule has 5 heteroatoms. The summed E-state index contributed by atoms with van der Waals surface area (Å²) in [5.41, 5.74) is -0.413. The molecule has 1 aromatic heterocycles. The highest BCUT2D eigenvalue weighted by molar-refractivity contribution is 5.77. The van der Waals surface area contributed by atoms with Gasteiger partial charge in [-0.1, -0.05) is 30.8 Å². The molecule has 0 aromatic carbocycles. The molecule has 1 heterocycles. The monoisotopic (exact) mass is 266 g/mol. The summed E-state index contributed by atoms with van der Waals surface area (Å²) >= 11 is 0. The van der Waals surface area contributed by atoms with E-state index in [-0.39, 0.29) is 12.2 Å². The van der Waals surface area contributed by atoms with Gasteiger partial charge in [0.2, 0.25) is 11.7 Å². The third kappa shape index (κ3) is 3.41. The normalized spacial score (nSPS) is 19.1. The third-order valence-corrected chi connectivity index (χ3v) is 3.61. The molecular weight excluding hydrogens is 244 g/mol. The van der Waals surface area contributed by atoms with Crippen LogP contribution in [0.4, 0.5) is 0 Å². The second-order valence-electron chi connectivity index (χ2n) is 5.23. The summed E-state index contributed by atoms with van der Waals surface area (Å²) < 4.78 is 11.2. The van der Waals surface area contributed by atoms with Gasteiger partial charge in [-0.2, -0.15) is 4.98 Å². The van der Waals surface area contributed by atoms with Crippen molar-refractivity contribution in [3.05, 3.63) is 11.7 Å². The van der Waals surface area contributed by atoms with E-state index in [4.69, 9.17) is 9.26 Å². The van der Waals surface area contributed by atoms with Crippen LogP contribution in [-0.2, 0) is 21.6 Å². The Labute approximate surface area is 113 Å². The first-order valence-corrected chi connectivity index (χ1v) is 7.13. The highest BCUT2D eigenvalue weighted by Crippen LogP contribution is 2.37. The molecule has 0 aliphatic heterocycles. The maximum atomic E-state index is 11.1. The molecule has 0 bridgehead atoms. The lowest BCUT2D eigenvalue weighted by molar-refractivity contribution is -0.116. The van der Waals surface area contributed by atoms with Crippen LogP contribution in [-0.4, -0.2) is 22.5 Å². The fourth-order valence-corrected chi connectivity index (χ4v) is 2.73. The SMILES string of the molecule is CCOC1(c2noc(CC(C)=O)n2)CCCCCC1. The molecule has 19 heavy (non-hydrogen) atoms. The average Bonchev–Trinajstić information content (AvgIpc) is 2.69. The van der Waals surface area contributed by atoms with Gasteiger partial charge in [0.05, 0.1) is 6.42 Å². The van der Waals surface area contributed by atoms with Crippen LogP contribution in [0.3, 0.4) is 0 Å². The summed E-state index contributed by atoms with van der Waals surface area (Å²) in [6.45, 7) is 4.15. The molecule has 0 spiro atoms. The highest BCUT2D eigenvalue weighted by atomic mass is 16.5. The zero-order valence-corrected chi connectivity index (χ0v) is 11.8. The molecule has 1 aliphatic rings. The van der Waals surface area contributed by atoms with E-state index >= 15 is 0 Å². The minimum atomic E-state index is -0.413. The molecule has 0 amide bonds. The molecule has 0 radical (unpaired) electrons. The number of nitrogens with zero attached hydrogens (tertiary/aromatic N) is 2. The van der Waals surface area contributed by atoms with Crippen molar-refractivity contribution in [2.75, 3.05) is 6.61 Å². The van der Waals surface area contributed by atoms with E-state index < -0.39 is 5.60 Å². The Balaban J connectivity index is 2.21. The third-order valence-electron chi connectivity index (χ3n) is 3.61. The summed E-state index contributed by atoms with van der Waals surface area (Å²) in [6.07, 6.45) is 6.77. The molecule has 2 rings (SSSR count). The van der Waals surface area contributed by atoms with Crippen molar-refractivity contribution >= 4 is 5.78 Å². The first kappa shape index (κ1) is 14.2. The predicted molar refractivity (Wildman–Crippen MR) is 69.7 cm³/mol. The number of hydrogen-bond acceptors (Lipinski definition) is 5. The van der Waals surface area contributed by atoms with Crippen molar-refractivity contribution < 1.29 is 14.1 Å². The molecule has 1 saturated carbocycles. The van der Waals surface area contributed by atoms with Crippen molar-refractivity contribution in [2.45, 2.75) is 64.4 Å². The average molecular weight is 266 g/mol. The number of ketones is 1. The number of ether oxygens (including phenoxy) is 1. The fraction of sp³-hybridized carbons (Fsp3) is 0.786. The lowest BCUT2D eigenvalue weighted by Crippen LogP contribution is -2.30. The Morgan fingerprint density at radius 1 is 1.32 bits per heavy atom. The Morgan fingerprint density at radius 2 is 2.00 bits per heavy atom. The highest BCUT2D eigenvalue weighted by Gasteiger charge is 2.38. The molecule has 0 unspecified atom stereocenters. The minimum Gasteiger partial charge on any atom is -0.367 e. The van der Waals surface area contributed by atoms with E-state index in [1.54, 1.807) is 0 Å². The van der Waals surface area contributed by atoms with Crippen molar-refractivity contribution in [3.63, 3.8) is 0 Å². The van der Waals surface area contributed by atoms with Gasteiger partial charge in [0.15, 0.2) is 0 Å². The van der Waals surface area contributed by atoms with E-state index in [9.17, 15) is 4.79 Å².